The number of anilines is 1. The van der Waals surface area contributed by atoms with Crippen molar-refractivity contribution < 1.29 is 9.59 Å². The lowest BCUT2D eigenvalue weighted by molar-refractivity contribution is -0.119. The molecule has 2 rings (SSSR count). The fourth-order valence-electron chi connectivity index (χ4n) is 2.66. The first-order valence-corrected chi connectivity index (χ1v) is 9.31. The van der Waals surface area contributed by atoms with Gasteiger partial charge in [0.15, 0.2) is 5.78 Å². The molecule has 4 nitrogen and oxygen atoms in total. The molecule has 0 bridgehead atoms. The normalized spacial score (nSPS) is 11.5. The van der Waals surface area contributed by atoms with Crippen LogP contribution in [-0.2, 0) is 9.59 Å². The van der Waals surface area contributed by atoms with Crippen molar-refractivity contribution >= 4 is 40.6 Å². The molecule has 140 valence electrons. The molecule has 1 N–H and O–H groups in total. The largest absolute Gasteiger partial charge is 0.326 e. The Balaban J connectivity index is 1.89. The van der Waals surface area contributed by atoms with E-state index < -0.39 is 5.92 Å². The van der Waals surface area contributed by atoms with Crippen molar-refractivity contribution in [1.29, 1.82) is 5.26 Å². The maximum atomic E-state index is 12.4. The second kappa shape index (κ2) is 9.55. The van der Waals surface area contributed by atoms with Gasteiger partial charge in [0, 0.05) is 28.6 Å². The highest BCUT2D eigenvalue weighted by molar-refractivity contribution is 6.35. The molecule has 0 saturated carbocycles. The monoisotopic (exact) mass is 402 g/mol. The first kappa shape index (κ1) is 21.0. The second-order valence-corrected chi connectivity index (χ2v) is 7.24. The van der Waals surface area contributed by atoms with Gasteiger partial charge in [-0.15, -0.1) is 0 Å². The van der Waals surface area contributed by atoms with Gasteiger partial charge in [0.05, 0.1) is 6.07 Å². The fraction of sp³-hybridized carbons (Fsp3) is 0.286. The highest BCUT2D eigenvalue weighted by Crippen LogP contribution is 2.29. The van der Waals surface area contributed by atoms with E-state index in [4.69, 9.17) is 23.2 Å². The van der Waals surface area contributed by atoms with Crippen LogP contribution in [-0.4, -0.2) is 11.7 Å². The SMILES string of the molecule is Cc1ccc(NC(=O)CCCC(=O)[C@@H](C#N)c2ccc(Cl)cc2Cl)cc1C. The van der Waals surface area contributed by atoms with Crippen molar-refractivity contribution in [2.24, 2.45) is 0 Å². The van der Waals surface area contributed by atoms with E-state index in [1.165, 1.54) is 6.07 Å². The third-order valence-electron chi connectivity index (χ3n) is 4.34. The summed E-state index contributed by atoms with van der Waals surface area (Å²) in [6, 6.07) is 12.4. The number of amides is 1. The number of Topliss-reactive ketones (excluding diaryl/α,β-unsaturated/α-hetero) is 1. The minimum absolute atomic E-state index is 0.123. The number of halogens is 2. The van der Waals surface area contributed by atoms with Crippen molar-refractivity contribution in [1.82, 2.24) is 0 Å². The number of carbonyl (C=O) groups is 2. The Morgan fingerprint density at radius 1 is 1.07 bits per heavy atom. The van der Waals surface area contributed by atoms with E-state index in [2.05, 4.69) is 5.32 Å². The summed E-state index contributed by atoms with van der Waals surface area (Å²) < 4.78 is 0. The predicted octanol–water partition coefficient (Wildman–Crippen LogP) is 5.60. The summed E-state index contributed by atoms with van der Waals surface area (Å²) in [6.07, 6.45) is 0.682. The molecule has 1 atom stereocenters. The number of nitrogens with one attached hydrogen (secondary N) is 1. The number of ketones is 1. The van der Waals surface area contributed by atoms with Crippen LogP contribution in [0.25, 0.3) is 0 Å². The summed E-state index contributed by atoms with van der Waals surface area (Å²) in [5.41, 5.74) is 3.42. The van der Waals surface area contributed by atoms with Crippen LogP contribution >= 0.6 is 23.2 Å². The molecule has 2 aromatic rings. The molecular formula is C21H20Cl2N2O2. The lowest BCUT2D eigenvalue weighted by Gasteiger charge is -2.11. The molecule has 0 unspecified atom stereocenters. The van der Waals surface area contributed by atoms with E-state index in [1.807, 2.05) is 38.1 Å². The summed E-state index contributed by atoms with van der Waals surface area (Å²) in [6.45, 7) is 3.98. The Bertz CT molecular complexity index is 904. The van der Waals surface area contributed by atoms with E-state index >= 15 is 0 Å². The number of benzene rings is 2. The van der Waals surface area contributed by atoms with Gasteiger partial charge in [0.1, 0.15) is 5.92 Å². The van der Waals surface area contributed by atoms with Crippen LogP contribution in [0.1, 0.15) is 41.9 Å². The molecule has 2 aromatic carbocycles. The molecule has 0 aliphatic rings. The molecule has 0 heterocycles. The van der Waals surface area contributed by atoms with Gasteiger partial charge in [0.25, 0.3) is 0 Å². The molecule has 27 heavy (non-hydrogen) atoms. The molecule has 0 saturated heterocycles. The number of rotatable bonds is 7. The minimum atomic E-state index is -0.961. The van der Waals surface area contributed by atoms with E-state index in [9.17, 15) is 14.9 Å². The Hall–Kier alpha value is -2.35. The Morgan fingerprint density at radius 3 is 2.44 bits per heavy atom. The van der Waals surface area contributed by atoms with Crippen LogP contribution in [0.2, 0.25) is 10.0 Å². The first-order chi connectivity index (χ1) is 12.8. The third kappa shape index (κ3) is 5.82. The summed E-state index contributed by atoms with van der Waals surface area (Å²) in [4.78, 5) is 24.5. The summed E-state index contributed by atoms with van der Waals surface area (Å²) in [7, 11) is 0. The molecule has 0 aliphatic heterocycles. The van der Waals surface area contributed by atoms with Crippen molar-refractivity contribution in [3.8, 4) is 6.07 Å². The quantitative estimate of drug-likeness (QED) is 0.655. The van der Waals surface area contributed by atoms with Gasteiger partial charge >= 0.3 is 0 Å². The molecule has 0 aliphatic carbocycles. The zero-order valence-corrected chi connectivity index (χ0v) is 16.7. The Morgan fingerprint density at radius 2 is 1.81 bits per heavy atom. The number of aryl methyl sites for hydroxylation is 2. The second-order valence-electron chi connectivity index (χ2n) is 6.40. The molecule has 0 aromatic heterocycles. The number of hydrogen-bond acceptors (Lipinski definition) is 3. The summed E-state index contributed by atoms with van der Waals surface area (Å²) in [5.74, 6) is -1.39. The third-order valence-corrected chi connectivity index (χ3v) is 4.90. The maximum Gasteiger partial charge on any atom is 0.224 e. The van der Waals surface area contributed by atoms with Crippen LogP contribution in [0.15, 0.2) is 36.4 Å². The van der Waals surface area contributed by atoms with E-state index in [0.29, 0.717) is 17.0 Å². The summed E-state index contributed by atoms with van der Waals surface area (Å²) >= 11 is 11.9. The smallest absolute Gasteiger partial charge is 0.224 e. The average Bonchev–Trinajstić information content (AvgIpc) is 2.60. The number of nitrogens with zero attached hydrogens (tertiary/aromatic N) is 1. The van der Waals surface area contributed by atoms with Gasteiger partial charge in [-0.3, -0.25) is 9.59 Å². The number of carbonyl (C=O) groups excluding carboxylic acids is 2. The standard InChI is InChI=1S/C21H20Cl2N2O2/c1-13-6-8-16(10-14(13)2)25-21(27)5-3-4-20(26)18(12-24)17-9-7-15(22)11-19(17)23/h6-11,18H,3-5H2,1-2H3,(H,25,27)/t18-/m0/s1. The van der Waals surface area contributed by atoms with Crippen LogP contribution in [0.4, 0.5) is 5.69 Å². The van der Waals surface area contributed by atoms with Gasteiger partial charge in [-0.1, -0.05) is 35.3 Å². The van der Waals surface area contributed by atoms with Gasteiger partial charge in [-0.2, -0.15) is 5.26 Å². The van der Waals surface area contributed by atoms with Gasteiger partial charge in [0.2, 0.25) is 5.91 Å². The van der Waals surface area contributed by atoms with Crippen molar-refractivity contribution in [2.45, 2.75) is 39.0 Å². The lowest BCUT2D eigenvalue weighted by atomic mass is 9.93. The average molecular weight is 403 g/mol. The number of hydrogen-bond donors (Lipinski definition) is 1. The van der Waals surface area contributed by atoms with E-state index in [1.54, 1.807) is 12.1 Å². The minimum Gasteiger partial charge on any atom is -0.326 e. The van der Waals surface area contributed by atoms with Crippen LogP contribution in [0.5, 0.6) is 0 Å². The van der Waals surface area contributed by atoms with Crippen molar-refractivity contribution in [3.63, 3.8) is 0 Å². The van der Waals surface area contributed by atoms with E-state index in [0.717, 1.165) is 16.8 Å². The fourth-order valence-corrected chi connectivity index (χ4v) is 3.18. The Labute approximate surface area is 169 Å². The zero-order chi connectivity index (χ0) is 20.0. The highest BCUT2D eigenvalue weighted by Gasteiger charge is 2.22. The maximum absolute atomic E-state index is 12.4. The molecule has 6 heteroatoms. The van der Waals surface area contributed by atoms with Gasteiger partial charge in [-0.05, 0) is 61.2 Å². The highest BCUT2D eigenvalue weighted by atomic mass is 35.5. The molecular weight excluding hydrogens is 383 g/mol. The zero-order valence-electron chi connectivity index (χ0n) is 15.2. The van der Waals surface area contributed by atoms with Crippen molar-refractivity contribution in [2.75, 3.05) is 5.32 Å². The molecule has 1 amide bonds. The van der Waals surface area contributed by atoms with Crippen LogP contribution in [0.3, 0.4) is 0 Å². The molecule has 0 radical (unpaired) electrons. The van der Waals surface area contributed by atoms with Crippen LogP contribution in [0, 0.1) is 25.2 Å². The predicted molar refractivity (Wildman–Crippen MR) is 108 cm³/mol. The van der Waals surface area contributed by atoms with Crippen molar-refractivity contribution in [3.05, 3.63) is 63.1 Å². The summed E-state index contributed by atoms with van der Waals surface area (Å²) in [5, 5.41) is 12.9. The topological polar surface area (TPSA) is 70.0 Å². The molecule has 0 fully saturated rings. The van der Waals surface area contributed by atoms with Crippen LogP contribution < -0.4 is 5.32 Å². The Kier molecular flexibility index (Phi) is 7.41. The lowest BCUT2D eigenvalue weighted by Crippen LogP contribution is -2.14. The first-order valence-electron chi connectivity index (χ1n) is 8.56. The molecule has 0 spiro atoms. The van der Waals surface area contributed by atoms with Gasteiger partial charge < -0.3 is 5.32 Å². The van der Waals surface area contributed by atoms with E-state index in [-0.39, 0.29) is 29.6 Å². The number of nitriles is 1. The van der Waals surface area contributed by atoms with Gasteiger partial charge in [-0.25, -0.2) is 0 Å².